The molecule has 2 aromatic carbocycles. The maximum atomic E-state index is 13.5. The predicted molar refractivity (Wildman–Crippen MR) is 126 cm³/mol. The van der Waals surface area contributed by atoms with Gasteiger partial charge in [-0.3, -0.25) is 4.31 Å². The minimum Gasteiger partial charge on any atom is -0.495 e. The molecule has 0 aliphatic carbocycles. The van der Waals surface area contributed by atoms with Crippen molar-refractivity contribution in [3.8, 4) is 5.75 Å². The van der Waals surface area contributed by atoms with Gasteiger partial charge >= 0.3 is 0 Å². The van der Waals surface area contributed by atoms with Crippen molar-refractivity contribution >= 4 is 15.7 Å². The van der Waals surface area contributed by atoms with E-state index in [1.54, 1.807) is 54.6 Å². The summed E-state index contributed by atoms with van der Waals surface area (Å²) >= 11 is 0. The summed E-state index contributed by atoms with van der Waals surface area (Å²) in [7, 11) is -2.38. The Kier molecular flexibility index (Phi) is 9.34. The Balaban J connectivity index is 2.37. The van der Waals surface area contributed by atoms with Crippen molar-refractivity contribution in [1.29, 1.82) is 0 Å². The van der Waals surface area contributed by atoms with Crippen LogP contribution in [-0.4, -0.2) is 57.8 Å². The Morgan fingerprint density at radius 3 is 1.94 bits per heavy atom. The molecule has 2 aromatic rings. The zero-order chi connectivity index (χ0) is 23.0. The topological polar surface area (TPSA) is 70.1 Å². The predicted octanol–water partition coefficient (Wildman–Crippen LogP) is 3.87. The third kappa shape index (κ3) is 7.23. The van der Waals surface area contributed by atoms with Crippen molar-refractivity contribution in [1.82, 2.24) is 4.90 Å². The molecule has 172 valence electrons. The number of ether oxygens (including phenoxy) is 1. The van der Waals surface area contributed by atoms with E-state index in [-0.39, 0.29) is 11.4 Å². The molecule has 0 aromatic heterocycles. The number of sulfonamides is 1. The molecular weight excluding hydrogens is 412 g/mol. The molecule has 0 spiro atoms. The smallest absolute Gasteiger partial charge is 0.264 e. The standard InChI is InChI=1S/C24H36N2O4S/c1-19(2)15-25(16-20(3)4)17-21(27)18-26(23-13-9-10-14-24(23)30-5)31(28,29)22-11-7-6-8-12-22/h6-14,19-21,27H,15-18H2,1-5H3/t21-/m0/s1. The lowest BCUT2D eigenvalue weighted by Gasteiger charge is -2.32. The molecule has 0 heterocycles. The summed E-state index contributed by atoms with van der Waals surface area (Å²) in [6.45, 7) is 10.6. The van der Waals surface area contributed by atoms with Gasteiger partial charge in [-0.05, 0) is 36.1 Å². The van der Waals surface area contributed by atoms with E-state index in [2.05, 4.69) is 32.6 Å². The van der Waals surface area contributed by atoms with Crippen LogP contribution < -0.4 is 9.04 Å². The third-order valence-electron chi connectivity index (χ3n) is 4.78. The van der Waals surface area contributed by atoms with Crippen molar-refractivity contribution in [3.05, 3.63) is 54.6 Å². The van der Waals surface area contributed by atoms with E-state index >= 15 is 0 Å². The molecule has 0 saturated carbocycles. The van der Waals surface area contributed by atoms with Crippen LogP contribution in [0.25, 0.3) is 0 Å². The maximum Gasteiger partial charge on any atom is 0.264 e. The Labute approximate surface area is 187 Å². The number of aliphatic hydroxyl groups excluding tert-OH is 1. The fourth-order valence-corrected chi connectivity index (χ4v) is 5.22. The number of aliphatic hydroxyl groups is 1. The summed E-state index contributed by atoms with van der Waals surface area (Å²) in [4.78, 5) is 2.38. The summed E-state index contributed by atoms with van der Waals surface area (Å²) in [5.74, 6) is 1.34. The molecule has 0 amide bonds. The Morgan fingerprint density at radius 1 is 0.839 bits per heavy atom. The minimum atomic E-state index is -3.89. The lowest BCUT2D eigenvalue weighted by Crippen LogP contribution is -2.44. The van der Waals surface area contributed by atoms with E-state index in [4.69, 9.17) is 4.74 Å². The van der Waals surface area contributed by atoms with Gasteiger partial charge in [-0.15, -0.1) is 0 Å². The van der Waals surface area contributed by atoms with Crippen LogP contribution in [-0.2, 0) is 10.0 Å². The highest BCUT2D eigenvalue weighted by atomic mass is 32.2. The molecule has 6 nitrogen and oxygen atoms in total. The van der Waals surface area contributed by atoms with Crippen LogP contribution in [0.4, 0.5) is 5.69 Å². The number of anilines is 1. The van der Waals surface area contributed by atoms with Crippen molar-refractivity contribution in [3.63, 3.8) is 0 Å². The van der Waals surface area contributed by atoms with Crippen LogP contribution in [0.5, 0.6) is 5.75 Å². The third-order valence-corrected chi connectivity index (χ3v) is 6.57. The first-order valence-corrected chi connectivity index (χ1v) is 12.2. The largest absolute Gasteiger partial charge is 0.495 e. The van der Waals surface area contributed by atoms with Gasteiger partial charge in [0.25, 0.3) is 10.0 Å². The highest BCUT2D eigenvalue weighted by Crippen LogP contribution is 2.32. The number of benzene rings is 2. The second-order valence-electron chi connectivity index (χ2n) is 8.68. The van der Waals surface area contributed by atoms with Gasteiger partial charge in [-0.2, -0.15) is 0 Å². The van der Waals surface area contributed by atoms with Gasteiger partial charge in [0.1, 0.15) is 5.75 Å². The number of rotatable bonds is 12. The summed E-state index contributed by atoms with van der Waals surface area (Å²) in [5, 5.41) is 11.0. The average molecular weight is 449 g/mol. The number of methoxy groups -OCH3 is 1. The second-order valence-corrected chi connectivity index (χ2v) is 10.5. The molecule has 31 heavy (non-hydrogen) atoms. The SMILES string of the molecule is COc1ccccc1N(C[C@@H](O)CN(CC(C)C)CC(C)C)S(=O)(=O)c1ccccc1. The van der Waals surface area contributed by atoms with Crippen LogP contribution in [0.3, 0.4) is 0 Å². The molecule has 1 atom stereocenters. The molecule has 0 bridgehead atoms. The molecule has 0 saturated heterocycles. The zero-order valence-electron chi connectivity index (χ0n) is 19.2. The van der Waals surface area contributed by atoms with Crippen LogP contribution in [0.2, 0.25) is 0 Å². The van der Waals surface area contributed by atoms with Gasteiger partial charge in [0.05, 0.1) is 30.3 Å². The Bertz CT molecular complexity index is 891. The first-order chi connectivity index (χ1) is 14.6. The van der Waals surface area contributed by atoms with Gasteiger partial charge in [0.2, 0.25) is 0 Å². The number of para-hydroxylation sites is 2. The fourth-order valence-electron chi connectivity index (χ4n) is 3.69. The number of nitrogens with zero attached hydrogens (tertiary/aromatic N) is 2. The quantitative estimate of drug-likeness (QED) is 0.534. The van der Waals surface area contributed by atoms with Crippen molar-refractivity contribution < 1.29 is 18.3 Å². The minimum absolute atomic E-state index is 0.0652. The van der Waals surface area contributed by atoms with E-state index in [0.29, 0.717) is 29.8 Å². The lowest BCUT2D eigenvalue weighted by molar-refractivity contribution is 0.104. The normalized spacial score (nSPS) is 13.1. The average Bonchev–Trinajstić information content (AvgIpc) is 2.71. The van der Waals surface area contributed by atoms with Crippen LogP contribution in [0, 0.1) is 11.8 Å². The highest BCUT2D eigenvalue weighted by molar-refractivity contribution is 7.92. The van der Waals surface area contributed by atoms with Gasteiger partial charge < -0.3 is 14.7 Å². The highest BCUT2D eigenvalue weighted by Gasteiger charge is 2.30. The first kappa shape index (κ1) is 25.2. The van der Waals surface area contributed by atoms with Gasteiger partial charge in [0.15, 0.2) is 0 Å². The van der Waals surface area contributed by atoms with Crippen LogP contribution in [0.1, 0.15) is 27.7 Å². The molecule has 7 heteroatoms. The van der Waals surface area contributed by atoms with Crippen LogP contribution >= 0.6 is 0 Å². The summed E-state index contributed by atoms with van der Waals surface area (Å²) in [6.07, 6.45) is -0.860. The van der Waals surface area contributed by atoms with Gasteiger partial charge in [-0.1, -0.05) is 58.0 Å². The number of hydrogen-bond acceptors (Lipinski definition) is 5. The van der Waals surface area contributed by atoms with Gasteiger partial charge in [-0.25, -0.2) is 8.42 Å². The maximum absolute atomic E-state index is 13.5. The van der Waals surface area contributed by atoms with E-state index in [1.807, 2.05) is 0 Å². The fraction of sp³-hybridized carbons (Fsp3) is 0.500. The zero-order valence-corrected chi connectivity index (χ0v) is 20.0. The van der Waals surface area contributed by atoms with E-state index < -0.39 is 16.1 Å². The molecule has 0 radical (unpaired) electrons. The monoisotopic (exact) mass is 448 g/mol. The number of hydrogen-bond donors (Lipinski definition) is 1. The molecule has 1 N–H and O–H groups in total. The molecular formula is C24H36N2O4S. The van der Waals surface area contributed by atoms with E-state index in [0.717, 1.165) is 13.1 Å². The first-order valence-electron chi connectivity index (χ1n) is 10.8. The van der Waals surface area contributed by atoms with Crippen molar-refractivity contribution in [2.45, 2.75) is 38.7 Å². The van der Waals surface area contributed by atoms with Crippen molar-refractivity contribution in [2.75, 3.05) is 37.6 Å². The van der Waals surface area contributed by atoms with E-state index in [1.165, 1.54) is 11.4 Å². The summed E-state index contributed by atoms with van der Waals surface area (Å²) in [5.41, 5.74) is 0.409. The molecule has 0 unspecified atom stereocenters. The Morgan fingerprint density at radius 2 is 1.39 bits per heavy atom. The van der Waals surface area contributed by atoms with Crippen LogP contribution in [0.15, 0.2) is 59.5 Å². The second kappa shape index (κ2) is 11.5. The molecule has 0 aliphatic rings. The summed E-state index contributed by atoms with van der Waals surface area (Å²) in [6, 6.07) is 15.3. The van der Waals surface area contributed by atoms with E-state index in [9.17, 15) is 13.5 Å². The lowest BCUT2D eigenvalue weighted by atomic mass is 10.1. The van der Waals surface area contributed by atoms with Crippen molar-refractivity contribution in [2.24, 2.45) is 11.8 Å². The molecule has 2 rings (SSSR count). The molecule has 0 aliphatic heterocycles. The Hall–Kier alpha value is -2.09. The van der Waals surface area contributed by atoms with Gasteiger partial charge in [0, 0.05) is 19.6 Å². The molecule has 0 fully saturated rings. The summed E-state index contributed by atoms with van der Waals surface area (Å²) < 4.78 is 33.7.